The Kier molecular flexibility index (Phi) is 4.76. The number of hydrogen-bond acceptors (Lipinski definition) is 2. The third kappa shape index (κ3) is 3.57. The van der Waals surface area contributed by atoms with E-state index in [0.29, 0.717) is 11.3 Å². The number of anilines is 1. The molecule has 0 fully saturated rings. The summed E-state index contributed by atoms with van der Waals surface area (Å²) >= 11 is 0. The molecule has 2 atom stereocenters. The molecule has 0 spiro atoms. The lowest BCUT2D eigenvalue weighted by molar-refractivity contribution is -0.116. The summed E-state index contributed by atoms with van der Waals surface area (Å²) in [6, 6.07) is 26.5. The van der Waals surface area contributed by atoms with Crippen LogP contribution in [-0.2, 0) is 9.36 Å². The maximum absolute atomic E-state index is 13.1. The molecule has 2 N–H and O–H groups in total. The molecule has 0 radical (unpaired) electrons. The summed E-state index contributed by atoms with van der Waals surface area (Å²) in [6.07, 6.45) is 0. The first kappa shape index (κ1) is 18.4. The Bertz CT molecular complexity index is 1220. The van der Waals surface area contributed by atoms with Crippen molar-refractivity contribution in [3.05, 3.63) is 90.5 Å². The highest BCUT2D eigenvalue weighted by Gasteiger charge is 2.35. The molecule has 0 saturated heterocycles. The molecule has 5 heteroatoms. The topological polar surface area (TPSA) is 66.4 Å². The molecule has 0 aliphatic rings. The van der Waals surface area contributed by atoms with Crippen LogP contribution in [0.5, 0.6) is 0 Å². The zero-order valence-electron chi connectivity index (χ0n) is 15.4. The molecular formula is C23H20NO3P. The third-order valence-corrected chi connectivity index (χ3v) is 6.33. The summed E-state index contributed by atoms with van der Waals surface area (Å²) in [5.41, 5.74) is 0.0113. The standard InChI is InChI=1S/C23H20NO3P/c1-28(26,27)22(21-12-6-10-17-8-4-5-11-20(17)21)23(25)24-19-14-13-16-7-2-3-9-18(16)15-19/h2-15,22H,1H3,(H,24,25)(H,26,27). The second-order valence-electron chi connectivity index (χ2n) is 6.97. The Morgan fingerprint density at radius 2 is 1.50 bits per heavy atom. The van der Waals surface area contributed by atoms with Crippen molar-refractivity contribution in [2.75, 3.05) is 12.0 Å². The molecule has 4 aromatic rings. The van der Waals surface area contributed by atoms with E-state index in [2.05, 4.69) is 5.32 Å². The van der Waals surface area contributed by atoms with Crippen LogP contribution in [0.15, 0.2) is 84.9 Å². The van der Waals surface area contributed by atoms with E-state index in [1.54, 1.807) is 12.1 Å². The van der Waals surface area contributed by atoms with Crippen LogP contribution in [0, 0.1) is 0 Å². The quantitative estimate of drug-likeness (QED) is 0.448. The van der Waals surface area contributed by atoms with E-state index in [4.69, 9.17) is 0 Å². The van der Waals surface area contributed by atoms with Gasteiger partial charge in [0, 0.05) is 12.4 Å². The Morgan fingerprint density at radius 1 is 0.857 bits per heavy atom. The summed E-state index contributed by atoms with van der Waals surface area (Å²) in [7, 11) is -3.76. The zero-order chi connectivity index (χ0) is 19.7. The van der Waals surface area contributed by atoms with E-state index < -0.39 is 18.9 Å². The maximum atomic E-state index is 13.1. The SMILES string of the molecule is CP(=O)(O)C(C(=O)Nc1ccc2ccccc2c1)c1cccc2ccccc12. The average molecular weight is 389 g/mol. The summed E-state index contributed by atoms with van der Waals surface area (Å²) in [5.74, 6) is -0.486. The van der Waals surface area contributed by atoms with Gasteiger partial charge >= 0.3 is 0 Å². The molecule has 0 aliphatic carbocycles. The van der Waals surface area contributed by atoms with E-state index in [-0.39, 0.29) is 0 Å². The highest BCUT2D eigenvalue weighted by molar-refractivity contribution is 7.58. The van der Waals surface area contributed by atoms with Crippen LogP contribution >= 0.6 is 7.37 Å². The number of hydrogen-bond donors (Lipinski definition) is 2. The Morgan fingerprint density at radius 3 is 2.25 bits per heavy atom. The normalized spacial score (nSPS) is 14.5. The van der Waals surface area contributed by atoms with Gasteiger partial charge in [-0.2, -0.15) is 0 Å². The molecule has 1 amide bonds. The number of amides is 1. The predicted octanol–water partition coefficient (Wildman–Crippen LogP) is 5.57. The minimum Gasteiger partial charge on any atom is -0.344 e. The van der Waals surface area contributed by atoms with Crippen LogP contribution in [0.25, 0.3) is 21.5 Å². The largest absolute Gasteiger partial charge is 0.344 e. The molecule has 2 unspecified atom stereocenters. The molecule has 140 valence electrons. The fraction of sp³-hybridized carbons (Fsp3) is 0.0870. The van der Waals surface area contributed by atoms with Gasteiger partial charge in [-0.1, -0.05) is 72.8 Å². The van der Waals surface area contributed by atoms with E-state index in [0.717, 1.165) is 21.5 Å². The number of carbonyl (C=O) groups excluding carboxylic acids is 1. The molecular weight excluding hydrogens is 369 g/mol. The summed E-state index contributed by atoms with van der Waals surface area (Å²) in [5, 5.41) is 6.62. The van der Waals surface area contributed by atoms with Crippen LogP contribution in [0.4, 0.5) is 5.69 Å². The molecule has 0 bridgehead atoms. The van der Waals surface area contributed by atoms with Gasteiger partial charge in [0.15, 0.2) is 0 Å². The minimum absolute atomic E-state index is 0.486. The fourth-order valence-corrected chi connectivity index (χ4v) is 4.82. The van der Waals surface area contributed by atoms with Gasteiger partial charge in [-0.15, -0.1) is 0 Å². The number of fused-ring (bicyclic) bond motifs is 2. The first-order chi connectivity index (χ1) is 13.4. The Balaban J connectivity index is 1.75. The van der Waals surface area contributed by atoms with Crippen LogP contribution < -0.4 is 5.32 Å². The molecule has 0 aliphatic heterocycles. The van der Waals surface area contributed by atoms with Crippen molar-refractivity contribution >= 4 is 40.5 Å². The zero-order valence-corrected chi connectivity index (χ0v) is 16.3. The highest BCUT2D eigenvalue weighted by Crippen LogP contribution is 2.54. The molecule has 28 heavy (non-hydrogen) atoms. The van der Waals surface area contributed by atoms with Crippen molar-refractivity contribution in [3.63, 3.8) is 0 Å². The third-order valence-electron chi connectivity index (χ3n) is 4.86. The van der Waals surface area contributed by atoms with E-state index in [1.165, 1.54) is 6.66 Å². The number of benzene rings is 4. The second-order valence-corrected chi connectivity index (χ2v) is 9.37. The lowest BCUT2D eigenvalue weighted by atomic mass is 10.0. The summed E-state index contributed by atoms with van der Waals surface area (Å²) < 4.78 is 12.7. The first-order valence-electron chi connectivity index (χ1n) is 9.01. The van der Waals surface area contributed by atoms with Gasteiger partial charge in [-0.3, -0.25) is 9.36 Å². The van der Waals surface area contributed by atoms with Crippen LogP contribution in [0.2, 0.25) is 0 Å². The molecule has 0 heterocycles. The average Bonchev–Trinajstić information content (AvgIpc) is 2.67. The van der Waals surface area contributed by atoms with Gasteiger partial charge in [0.2, 0.25) is 13.3 Å². The van der Waals surface area contributed by atoms with Crippen molar-refractivity contribution in [2.45, 2.75) is 5.66 Å². The monoisotopic (exact) mass is 389 g/mol. The van der Waals surface area contributed by atoms with Gasteiger partial charge < -0.3 is 10.2 Å². The van der Waals surface area contributed by atoms with Crippen molar-refractivity contribution in [3.8, 4) is 0 Å². The lowest BCUT2D eigenvalue weighted by Crippen LogP contribution is -2.21. The Hall–Kier alpha value is -2.94. The highest BCUT2D eigenvalue weighted by atomic mass is 31.2. The van der Waals surface area contributed by atoms with Gasteiger partial charge in [-0.25, -0.2) is 0 Å². The fourth-order valence-electron chi connectivity index (χ4n) is 3.58. The van der Waals surface area contributed by atoms with Gasteiger partial charge in [0.25, 0.3) is 0 Å². The Labute approximate surface area is 163 Å². The first-order valence-corrected chi connectivity index (χ1v) is 11.2. The summed E-state index contributed by atoms with van der Waals surface area (Å²) in [6.45, 7) is 1.24. The van der Waals surface area contributed by atoms with E-state index in [1.807, 2.05) is 72.8 Å². The maximum Gasteiger partial charge on any atom is 0.241 e. The number of rotatable bonds is 4. The summed E-state index contributed by atoms with van der Waals surface area (Å²) in [4.78, 5) is 23.5. The smallest absolute Gasteiger partial charge is 0.241 e. The van der Waals surface area contributed by atoms with Crippen molar-refractivity contribution in [1.82, 2.24) is 0 Å². The van der Waals surface area contributed by atoms with Crippen molar-refractivity contribution in [1.29, 1.82) is 0 Å². The van der Waals surface area contributed by atoms with Crippen LogP contribution in [0.1, 0.15) is 11.2 Å². The molecule has 4 rings (SSSR count). The number of carbonyl (C=O) groups is 1. The second kappa shape index (κ2) is 7.23. The van der Waals surface area contributed by atoms with Crippen molar-refractivity contribution < 1.29 is 14.3 Å². The molecule has 0 saturated carbocycles. The van der Waals surface area contributed by atoms with Gasteiger partial charge in [-0.05, 0) is 39.2 Å². The van der Waals surface area contributed by atoms with E-state index in [9.17, 15) is 14.3 Å². The van der Waals surface area contributed by atoms with E-state index >= 15 is 0 Å². The lowest BCUT2D eigenvalue weighted by Gasteiger charge is -2.21. The van der Waals surface area contributed by atoms with Gasteiger partial charge in [0.1, 0.15) is 5.66 Å². The van der Waals surface area contributed by atoms with Crippen molar-refractivity contribution in [2.24, 2.45) is 0 Å². The van der Waals surface area contributed by atoms with Gasteiger partial charge in [0.05, 0.1) is 0 Å². The molecule has 4 aromatic carbocycles. The van der Waals surface area contributed by atoms with Crippen LogP contribution in [-0.4, -0.2) is 17.5 Å². The molecule has 4 nitrogen and oxygen atoms in total. The number of nitrogens with one attached hydrogen (secondary N) is 1. The predicted molar refractivity (Wildman–Crippen MR) is 115 cm³/mol. The van der Waals surface area contributed by atoms with Crippen LogP contribution in [0.3, 0.4) is 0 Å². The minimum atomic E-state index is -3.76. The molecule has 0 aromatic heterocycles.